The van der Waals surface area contributed by atoms with E-state index >= 15 is 0 Å². The Morgan fingerprint density at radius 2 is 1.91 bits per heavy atom. The highest BCUT2D eigenvalue weighted by atomic mass is 16.6. The second-order valence-electron chi connectivity index (χ2n) is 7.35. The van der Waals surface area contributed by atoms with Gasteiger partial charge in [-0.25, -0.2) is 0 Å². The number of amides is 1. The number of H-pyrrole nitrogens is 1. The zero-order chi connectivity index (χ0) is 22.7. The van der Waals surface area contributed by atoms with Crippen LogP contribution in [0.15, 0.2) is 72.9 Å². The predicted molar refractivity (Wildman–Crippen MR) is 123 cm³/mol. The van der Waals surface area contributed by atoms with Gasteiger partial charge in [0.05, 0.1) is 12.0 Å². The minimum atomic E-state index is -0.713. The van der Waals surface area contributed by atoms with Crippen LogP contribution in [0, 0.1) is 10.1 Å². The van der Waals surface area contributed by atoms with Gasteiger partial charge in [-0.15, -0.1) is 0 Å². The number of aromatic nitrogens is 1. The Labute approximate surface area is 184 Å². The maximum atomic E-state index is 11.6. The van der Waals surface area contributed by atoms with E-state index in [-0.39, 0.29) is 17.2 Å². The molecule has 0 radical (unpaired) electrons. The largest absolute Gasteiger partial charge is 0.497 e. The number of para-hydroxylation sites is 1. The number of carbonyl (C=O) groups excluding carboxylic acids is 1. The summed E-state index contributed by atoms with van der Waals surface area (Å²) in [4.78, 5) is 25.8. The second-order valence-corrected chi connectivity index (χ2v) is 7.35. The molecular weight excluding hydrogens is 408 g/mol. The molecule has 0 aliphatic rings. The SMILES string of the molecule is COc1ccc([C@@H](CNc2ccc(C(N)=O)cc2[N+](=O)[O-])c2c[nH]c3ccccc23)cc1. The van der Waals surface area contributed by atoms with Gasteiger partial charge >= 0.3 is 0 Å². The van der Waals surface area contributed by atoms with Crippen LogP contribution in [0.1, 0.15) is 27.4 Å². The van der Waals surface area contributed by atoms with Crippen molar-refractivity contribution in [1.82, 2.24) is 4.98 Å². The number of rotatable bonds is 8. The lowest BCUT2D eigenvalue weighted by molar-refractivity contribution is -0.384. The lowest BCUT2D eigenvalue weighted by atomic mass is 9.90. The van der Waals surface area contributed by atoms with E-state index in [1.807, 2.05) is 54.7 Å². The van der Waals surface area contributed by atoms with Crippen molar-refractivity contribution in [3.05, 3.63) is 99.7 Å². The van der Waals surface area contributed by atoms with Crippen molar-refractivity contribution >= 4 is 28.2 Å². The maximum Gasteiger partial charge on any atom is 0.293 e. The molecule has 0 saturated carbocycles. The van der Waals surface area contributed by atoms with Gasteiger partial charge in [-0.1, -0.05) is 30.3 Å². The molecular formula is C24H22N4O4. The third-order valence-corrected chi connectivity index (χ3v) is 5.49. The third kappa shape index (κ3) is 4.11. The fourth-order valence-corrected chi connectivity index (χ4v) is 3.82. The number of nitrogens with two attached hydrogens (primary N) is 1. The standard InChI is InChI=1S/C24H22N4O4/c1-32-17-9-6-15(7-10-17)19(20-14-26-21-5-3-2-4-18(20)21)13-27-22-11-8-16(24(25)29)12-23(22)28(30)31/h2-12,14,19,26-27H,13H2,1H3,(H2,25,29)/t19-/m1/s1. The molecule has 4 aromatic rings. The number of aromatic amines is 1. The summed E-state index contributed by atoms with van der Waals surface area (Å²) in [5.74, 6) is -0.0703. The molecule has 32 heavy (non-hydrogen) atoms. The van der Waals surface area contributed by atoms with Crippen molar-refractivity contribution < 1.29 is 14.5 Å². The van der Waals surface area contributed by atoms with Gasteiger partial charge in [0.15, 0.2) is 0 Å². The van der Waals surface area contributed by atoms with Crippen LogP contribution in [0.3, 0.4) is 0 Å². The molecule has 0 bridgehead atoms. The smallest absolute Gasteiger partial charge is 0.293 e. The van der Waals surface area contributed by atoms with Crippen LogP contribution in [0.25, 0.3) is 10.9 Å². The monoisotopic (exact) mass is 430 g/mol. The average molecular weight is 430 g/mol. The highest BCUT2D eigenvalue weighted by molar-refractivity contribution is 5.94. The molecule has 4 N–H and O–H groups in total. The molecule has 0 aliphatic heterocycles. The number of primary amides is 1. The predicted octanol–water partition coefficient (Wildman–Crippen LogP) is 4.43. The topological polar surface area (TPSA) is 123 Å². The van der Waals surface area contributed by atoms with Crippen molar-refractivity contribution in [1.29, 1.82) is 0 Å². The van der Waals surface area contributed by atoms with E-state index in [4.69, 9.17) is 10.5 Å². The molecule has 1 amide bonds. The first kappa shape index (κ1) is 20.9. The van der Waals surface area contributed by atoms with Crippen molar-refractivity contribution in [2.24, 2.45) is 5.73 Å². The first-order valence-electron chi connectivity index (χ1n) is 10.00. The fraction of sp³-hybridized carbons (Fsp3) is 0.125. The lowest BCUT2D eigenvalue weighted by Crippen LogP contribution is -2.16. The minimum Gasteiger partial charge on any atom is -0.497 e. The van der Waals surface area contributed by atoms with Crippen LogP contribution in [0.2, 0.25) is 0 Å². The summed E-state index contributed by atoms with van der Waals surface area (Å²) in [5, 5.41) is 15.9. The van der Waals surface area contributed by atoms with Gasteiger partial charge in [0, 0.05) is 41.2 Å². The first-order chi connectivity index (χ1) is 15.5. The second kappa shape index (κ2) is 8.81. The number of carbonyl (C=O) groups is 1. The lowest BCUT2D eigenvalue weighted by Gasteiger charge is -2.19. The van der Waals surface area contributed by atoms with E-state index in [0.717, 1.165) is 27.8 Å². The Kier molecular flexibility index (Phi) is 5.76. The number of nitrogens with zero attached hydrogens (tertiary/aromatic N) is 1. The van der Waals surface area contributed by atoms with Gasteiger partial charge < -0.3 is 20.8 Å². The van der Waals surface area contributed by atoms with E-state index in [9.17, 15) is 14.9 Å². The Morgan fingerprint density at radius 3 is 2.59 bits per heavy atom. The van der Waals surface area contributed by atoms with Crippen LogP contribution < -0.4 is 15.8 Å². The summed E-state index contributed by atoms with van der Waals surface area (Å²) in [7, 11) is 1.61. The molecule has 8 heteroatoms. The van der Waals surface area contributed by atoms with Gasteiger partial charge in [-0.05, 0) is 41.5 Å². The average Bonchev–Trinajstić information content (AvgIpc) is 3.23. The first-order valence-corrected chi connectivity index (χ1v) is 10.00. The Morgan fingerprint density at radius 1 is 1.16 bits per heavy atom. The molecule has 8 nitrogen and oxygen atoms in total. The van der Waals surface area contributed by atoms with E-state index in [1.54, 1.807) is 7.11 Å². The molecule has 1 atom stereocenters. The normalized spacial score (nSPS) is 11.8. The summed E-state index contributed by atoms with van der Waals surface area (Å²) >= 11 is 0. The number of benzene rings is 3. The van der Waals surface area contributed by atoms with Crippen LogP contribution >= 0.6 is 0 Å². The number of hydrogen-bond acceptors (Lipinski definition) is 5. The number of anilines is 1. The summed E-state index contributed by atoms with van der Waals surface area (Å²) in [6, 6.07) is 19.9. The highest BCUT2D eigenvalue weighted by Gasteiger charge is 2.21. The third-order valence-electron chi connectivity index (χ3n) is 5.49. The molecule has 0 fully saturated rings. The van der Waals surface area contributed by atoms with Gasteiger partial charge in [-0.2, -0.15) is 0 Å². The number of nitro groups is 1. The van der Waals surface area contributed by atoms with Crippen molar-refractivity contribution in [3.63, 3.8) is 0 Å². The number of nitro benzene ring substituents is 1. The van der Waals surface area contributed by atoms with Crippen LogP contribution in [0.4, 0.5) is 11.4 Å². The number of methoxy groups -OCH3 is 1. The molecule has 0 aliphatic carbocycles. The summed E-state index contributed by atoms with van der Waals surface area (Å²) < 4.78 is 5.28. The molecule has 4 rings (SSSR count). The van der Waals surface area contributed by atoms with E-state index in [1.165, 1.54) is 18.2 Å². The number of nitrogens with one attached hydrogen (secondary N) is 2. The quantitative estimate of drug-likeness (QED) is 0.282. The van der Waals surface area contributed by atoms with E-state index < -0.39 is 10.8 Å². The van der Waals surface area contributed by atoms with Gasteiger partial charge in [0.1, 0.15) is 11.4 Å². The molecule has 0 unspecified atom stereocenters. The molecule has 3 aromatic carbocycles. The van der Waals surface area contributed by atoms with Crippen LogP contribution in [-0.2, 0) is 0 Å². The number of fused-ring (bicyclic) bond motifs is 1. The molecule has 0 saturated heterocycles. The molecule has 162 valence electrons. The van der Waals surface area contributed by atoms with Crippen molar-refractivity contribution in [2.75, 3.05) is 19.0 Å². The molecule has 1 aromatic heterocycles. The molecule has 1 heterocycles. The number of hydrogen-bond donors (Lipinski definition) is 3. The van der Waals surface area contributed by atoms with Gasteiger partial charge in [-0.3, -0.25) is 14.9 Å². The zero-order valence-electron chi connectivity index (χ0n) is 17.4. The summed E-state index contributed by atoms with van der Waals surface area (Å²) in [5.41, 5.74) is 8.59. The number of ether oxygens (including phenoxy) is 1. The Hall–Kier alpha value is -4.33. The van der Waals surface area contributed by atoms with Crippen LogP contribution in [0.5, 0.6) is 5.75 Å². The van der Waals surface area contributed by atoms with Crippen molar-refractivity contribution in [2.45, 2.75) is 5.92 Å². The summed E-state index contributed by atoms with van der Waals surface area (Å²) in [6.45, 7) is 0.394. The molecule has 0 spiro atoms. The minimum absolute atomic E-state index is 0.0885. The van der Waals surface area contributed by atoms with Crippen LogP contribution in [-0.4, -0.2) is 29.5 Å². The van der Waals surface area contributed by atoms with Gasteiger partial charge in [0.25, 0.3) is 5.69 Å². The zero-order valence-corrected chi connectivity index (χ0v) is 17.4. The van der Waals surface area contributed by atoms with E-state index in [2.05, 4.69) is 10.3 Å². The Balaban J connectivity index is 1.71. The van der Waals surface area contributed by atoms with Crippen molar-refractivity contribution in [3.8, 4) is 5.75 Å². The highest BCUT2D eigenvalue weighted by Crippen LogP contribution is 2.33. The maximum absolute atomic E-state index is 11.6. The van der Waals surface area contributed by atoms with E-state index in [0.29, 0.717) is 12.2 Å². The summed E-state index contributed by atoms with van der Waals surface area (Å²) in [6.07, 6.45) is 1.96. The van der Waals surface area contributed by atoms with Gasteiger partial charge in [0.2, 0.25) is 5.91 Å². The Bertz CT molecular complexity index is 1280. The fourth-order valence-electron chi connectivity index (χ4n) is 3.82.